The van der Waals surface area contributed by atoms with E-state index in [0.29, 0.717) is 5.92 Å². The van der Waals surface area contributed by atoms with E-state index in [2.05, 4.69) is 53.8 Å². The summed E-state index contributed by atoms with van der Waals surface area (Å²) < 4.78 is 0. The summed E-state index contributed by atoms with van der Waals surface area (Å²) in [7, 11) is 0. The van der Waals surface area contributed by atoms with Crippen LogP contribution in [0.1, 0.15) is 30.9 Å². The first-order valence-corrected chi connectivity index (χ1v) is 7.08. The fourth-order valence-corrected chi connectivity index (χ4v) is 2.23. The van der Waals surface area contributed by atoms with Crippen LogP contribution in [-0.2, 0) is 0 Å². The van der Waals surface area contributed by atoms with E-state index < -0.39 is 0 Å². The highest BCUT2D eigenvalue weighted by Crippen LogP contribution is 2.24. The van der Waals surface area contributed by atoms with Crippen molar-refractivity contribution in [3.63, 3.8) is 0 Å². The van der Waals surface area contributed by atoms with Crippen LogP contribution in [0.2, 0.25) is 0 Å². The van der Waals surface area contributed by atoms with E-state index in [1.54, 1.807) is 0 Å². The Kier molecular flexibility index (Phi) is 4.94. The molecule has 20 heavy (non-hydrogen) atoms. The first-order valence-electron chi connectivity index (χ1n) is 7.08. The van der Waals surface area contributed by atoms with Crippen LogP contribution in [0.5, 0.6) is 0 Å². The van der Waals surface area contributed by atoms with E-state index in [0.717, 1.165) is 6.54 Å². The highest BCUT2D eigenvalue weighted by molar-refractivity contribution is 5.32. The number of aliphatic hydroxyl groups is 1. The molecule has 0 saturated carbocycles. The second-order valence-electron chi connectivity index (χ2n) is 5.80. The van der Waals surface area contributed by atoms with Gasteiger partial charge in [0.25, 0.3) is 0 Å². The molecule has 0 fully saturated rings. The van der Waals surface area contributed by atoms with Crippen LogP contribution in [0.25, 0.3) is 0 Å². The third-order valence-electron chi connectivity index (χ3n) is 3.58. The Labute approximate surface area is 121 Å². The summed E-state index contributed by atoms with van der Waals surface area (Å²) in [5.41, 5.74) is 2.32. The van der Waals surface area contributed by atoms with Crippen molar-refractivity contribution >= 4 is 0 Å². The van der Waals surface area contributed by atoms with Crippen LogP contribution in [0.4, 0.5) is 0 Å². The monoisotopic (exact) mass is 269 g/mol. The summed E-state index contributed by atoms with van der Waals surface area (Å²) >= 11 is 0. The zero-order valence-electron chi connectivity index (χ0n) is 12.2. The van der Waals surface area contributed by atoms with Gasteiger partial charge in [-0.15, -0.1) is 0 Å². The van der Waals surface area contributed by atoms with Crippen molar-refractivity contribution in [2.24, 2.45) is 0 Å². The average Bonchev–Trinajstić information content (AvgIpc) is 2.49. The third-order valence-corrected chi connectivity index (χ3v) is 3.58. The largest absolute Gasteiger partial charge is 0.394 e. The van der Waals surface area contributed by atoms with E-state index >= 15 is 0 Å². The van der Waals surface area contributed by atoms with Gasteiger partial charge >= 0.3 is 0 Å². The summed E-state index contributed by atoms with van der Waals surface area (Å²) in [6.45, 7) is 4.96. The summed E-state index contributed by atoms with van der Waals surface area (Å²) in [6.07, 6.45) is 0. The quantitative estimate of drug-likeness (QED) is 0.844. The lowest BCUT2D eigenvalue weighted by Gasteiger charge is -2.27. The minimum atomic E-state index is -0.262. The highest BCUT2D eigenvalue weighted by atomic mass is 16.3. The Bertz CT molecular complexity index is 468. The Morgan fingerprint density at radius 3 is 1.75 bits per heavy atom. The van der Waals surface area contributed by atoms with Gasteiger partial charge in [-0.1, -0.05) is 60.7 Å². The average molecular weight is 269 g/mol. The van der Waals surface area contributed by atoms with Gasteiger partial charge in [0.15, 0.2) is 0 Å². The first-order chi connectivity index (χ1) is 9.62. The van der Waals surface area contributed by atoms with Crippen LogP contribution in [0, 0.1) is 0 Å². The van der Waals surface area contributed by atoms with Crippen LogP contribution < -0.4 is 5.32 Å². The molecular formula is C18H23NO. The zero-order chi connectivity index (χ0) is 14.4. The van der Waals surface area contributed by atoms with Crippen molar-refractivity contribution in [1.29, 1.82) is 0 Å². The molecule has 0 saturated heterocycles. The summed E-state index contributed by atoms with van der Waals surface area (Å²) in [4.78, 5) is 0. The topological polar surface area (TPSA) is 32.3 Å². The Morgan fingerprint density at radius 2 is 1.35 bits per heavy atom. The molecule has 0 radical (unpaired) electrons. The van der Waals surface area contributed by atoms with Crippen LogP contribution in [0.15, 0.2) is 60.7 Å². The van der Waals surface area contributed by atoms with Gasteiger partial charge in [0.2, 0.25) is 0 Å². The van der Waals surface area contributed by atoms with E-state index in [1.165, 1.54) is 11.1 Å². The van der Waals surface area contributed by atoms with Crippen molar-refractivity contribution in [1.82, 2.24) is 5.32 Å². The number of hydrogen-bond acceptors (Lipinski definition) is 2. The summed E-state index contributed by atoms with van der Waals surface area (Å²) in [6, 6.07) is 21.0. The molecule has 2 rings (SSSR count). The molecule has 0 aliphatic heterocycles. The van der Waals surface area contributed by atoms with E-state index in [9.17, 15) is 5.11 Å². The number of benzene rings is 2. The number of nitrogens with one attached hydrogen (secondary N) is 1. The standard InChI is InChI=1S/C18H23NO/c1-18(2,14-20)19-13-17(15-9-5-3-6-10-15)16-11-7-4-8-12-16/h3-12,17,19-20H,13-14H2,1-2H3. The lowest BCUT2D eigenvalue weighted by atomic mass is 9.90. The summed E-state index contributed by atoms with van der Waals surface area (Å²) in [5.74, 6) is 0.295. The van der Waals surface area contributed by atoms with Gasteiger partial charge in [0, 0.05) is 18.0 Å². The van der Waals surface area contributed by atoms with E-state index in [4.69, 9.17) is 0 Å². The van der Waals surface area contributed by atoms with Gasteiger partial charge in [0.05, 0.1) is 6.61 Å². The number of rotatable bonds is 6. The SMILES string of the molecule is CC(C)(CO)NCC(c1ccccc1)c1ccccc1. The molecule has 0 aromatic heterocycles. The van der Waals surface area contributed by atoms with Gasteiger partial charge in [-0.25, -0.2) is 0 Å². The fourth-order valence-electron chi connectivity index (χ4n) is 2.23. The van der Waals surface area contributed by atoms with E-state index in [-0.39, 0.29) is 12.1 Å². The van der Waals surface area contributed by atoms with Crippen LogP contribution in [0.3, 0.4) is 0 Å². The van der Waals surface area contributed by atoms with Crippen molar-refractivity contribution in [3.05, 3.63) is 71.8 Å². The van der Waals surface area contributed by atoms with Gasteiger partial charge in [-0.05, 0) is 25.0 Å². The van der Waals surface area contributed by atoms with E-state index in [1.807, 2.05) is 26.0 Å². The van der Waals surface area contributed by atoms with Crippen molar-refractivity contribution in [3.8, 4) is 0 Å². The lowest BCUT2D eigenvalue weighted by Crippen LogP contribution is -2.44. The normalized spacial score (nSPS) is 11.8. The van der Waals surface area contributed by atoms with Gasteiger partial charge in [-0.3, -0.25) is 0 Å². The minimum absolute atomic E-state index is 0.128. The predicted octanol–water partition coefficient (Wildman–Crippen LogP) is 3.18. The molecule has 0 atom stereocenters. The van der Waals surface area contributed by atoms with Gasteiger partial charge < -0.3 is 10.4 Å². The Balaban J connectivity index is 2.22. The van der Waals surface area contributed by atoms with Crippen molar-refractivity contribution in [2.45, 2.75) is 25.3 Å². The molecule has 2 heteroatoms. The third kappa shape index (κ3) is 3.92. The molecule has 2 nitrogen and oxygen atoms in total. The molecule has 106 valence electrons. The zero-order valence-corrected chi connectivity index (χ0v) is 12.2. The molecule has 0 spiro atoms. The lowest BCUT2D eigenvalue weighted by molar-refractivity contribution is 0.188. The highest BCUT2D eigenvalue weighted by Gasteiger charge is 2.20. The van der Waals surface area contributed by atoms with Gasteiger partial charge in [-0.2, -0.15) is 0 Å². The Hall–Kier alpha value is -1.64. The van der Waals surface area contributed by atoms with Gasteiger partial charge in [0.1, 0.15) is 0 Å². The van der Waals surface area contributed by atoms with Crippen LogP contribution in [-0.4, -0.2) is 23.8 Å². The second-order valence-corrected chi connectivity index (χ2v) is 5.80. The number of hydrogen-bond donors (Lipinski definition) is 2. The maximum atomic E-state index is 9.39. The molecule has 2 aromatic rings. The maximum absolute atomic E-state index is 9.39. The maximum Gasteiger partial charge on any atom is 0.0607 e. The van der Waals surface area contributed by atoms with Crippen molar-refractivity contribution < 1.29 is 5.11 Å². The van der Waals surface area contributed by atoms with Crippen molar-refractivity contribution in [2.75, 3.05) is 13.2 Å². The molecule has 0 heterocycles. The molecule has 2 N–H and O–H groups in total. The predicted molar refractivity (Wildman–Crippen MR) is 83.9 cm³/mol. The molecule has 0 aliphatic rings. The second kappa shape index (κ2) is 6.69. The number of aliphatic hydroxyl groups excluding tert-OH is 1. The Morgan fingerprint density at radius 1 is 0.900 bits per heavy atom. The van der Waals surface area contributed by atoms with Crippen LogP contribution >= 0.6 is 0 Å². The molecular weight excluding hydrogens is 246 g/mol. The first kappa shape index (κ1) is 14.8. The molecule has 0 amide bonds. The molecule has 0 bridgehead atoms. The smallest absolute Gasteiger partial charge is 0.0607 e. The molecule has 0 aliphatic carbocycles. The fraction of sp³-hybridized carbons (Fsp3) is 0.333. The minimum Gasteiger partial charge on any atom is -0.394 e. The molecule has 2 aromatic carbocycles. The summed E-state index contributed by atoms with van der Waals surface area (Å²) in [5, 5.41) is 12.8. The molecule has 0 unspecified atom stereocenters.